The summed E-state index contributed by atoms with van der Waals surface area (Å²) in [7, 11) is 1.38. The molecule has 5 nitrogen and oxygen atoms in total. The highest BCUT2D eigenvalue weighted by Gasteiger charge is 2.14. The van der Waals surface area contributed by atoms with Gasteiger partial charge in [0, 0.05) is 25.0 Å². The fourth-order valence-corrected chi connectivity index (χ4v) is 3.60. The van der Waals surface area contributed by atoms with Gasteiger partial charge in [-0.2, -0.15) is 0 Å². The molecule has 2 aromatic heterocycles. The van der Waals surface area contributed by atoms with E-state index < -0.39 is 0 Å². The number of esters is 1. The smallest absolute Gasteiger partial charge is 0.338 e. The summed E-state index contributed by atoms with van der Waals surface area (Å²) in [6.07, 6.45) is 7.51. The molecule has 4 rings (SSSR count). The van der Waals surface area contributed by atoms with Gasteiger partial charge in [-0.3, -0.25) is 0 Å². The molecule has 0 saturated heterocycles. The van der Waals surface area contributed by atoms with E-state index >= 15 is 0 Å². The molecule has 26 heavy (non-hydrogen) atoms. The molecule has 0 radical (unpaired) electrons. The van der Waals surface area contributed by atoms with E-state index in [0.29, 0.717) is 12.1 Å². The van der Waals surface area contributed by atoms with Crippen molar-refractivity contribution in [1.82, 2.24) is 14.7 Å². The Balaban J connectivity index is 1.46. The second-order valence-electron chi connectivity index (χ2n) is 6.89. The van der Waals surface area contributed by atoms with E-state index in [1.54, 1.807) is 12.1 Å². The van der Waals surface area contributed by atoms with Crippen LogP contribution in [0.2, 0.25) is 0 Å². The first-order chi connectivity index (χ1) is 12.6. The molecule has 1 N–H and O–H groups in total. The number of rotatable bonds is 5. The quantitative estimate of drug-likeness (QED) is 0.717. The van der Waals surface area contributed by atoms with Crippen molar-refractivity contribution >= 4 is 11.6 Å². The maximum Gasteiger partial charge on any atom is 0.338 e. The number of nitrogens with one attached hydrogen (secondary N) is 1. The number of ether oxygens (including phenoxy) is 1. The summed E-state index contributed by atoms with van der Waals surface area (Å²) >= 11 is 0. The Morgan fingerprint density at radius 1 is 1.27 bits per heavy atom. The molecule has 1 unspecified atom stereocenters. The zero-order valence-corrected chi connectivity index (χ0v) is 15.2. The highest BCUT2D eigenvalue weighted by molar-refractivity contribution is 5.90. The summed E-state index contributed by atoms with van der Waals surface area (Å²) in [6.45, 7) is 2.86. The first-order valence-corrected chi connectivity index (χ1v) is 9.05. The Kier molecular flexibility index (Phi) is 4.47. The number of carbonyl (C=O) groups is 1. The van der Waals surface area contributed by atoms with Gasteiger partial charge in [0.15, 0.2) is 0 Å². The number of pyridine rings is 1. The topological polar surface area (TPSA) is 55.6 Å². The predicted octanol–water partition coefficient (Wildman–Crippen LogP) is 3.46. The normalized spacial score (nSPS) is 14.4. The van der Waals surface area contributed by atoms with Gasteiger partial charge in [-0.15, -0.1) is 0 Å². The first kappa shape index (κ1) is 16.8. The fraction of sp³-hybridized carbons (Fsp3) is 0.333. The summed E-state index contributed by atoms with van der Waals surface area (Å²) < 4.78 is 6.68. The lowest BCUT2D eigenvalue weighted by atomic mass is 10.0. The van der Waals surface area contributed by atoms with E-state index in [9.17, 15) is 4.79 Å². The molecule has 0 bridgehead atoms. The van der Waals surface area contributed by atoms with E-state index in [0.717, 1.165) is 11.3 Å². The minimum Gasteiger partial charge on any atom is -0.465 e. The maximum atomic E-state index is 11.6. The molecule has 0 spiro atoms. The van der Waals surface area contributed by atoms with E-state index in [1.807, 2.05) is 16.8 Å². The van der Waals surface area contributed by atoms with Gasteiger partial charge in [0.25, 0.3) is 0 Å². The first-order valence-electron chi connectivity index (χ1n) is 9.05. The molecule has 1 aromatic carbocycles. The Hall–Kier alpha value is -2.66. The minimum absolute atomic E-state index is 0.261. The molecule has 3 aromatic rings. The lowest BCUT2D eigenvalue weighted by Crippen LogP contribution is -2.18. The summed E-state index contributed by atoms with van der Waals surface area (Å²) in [4.78, 5) is 16.3. The van der Waals surface area contributed by atoms with Crippen LogP contribution >= 0.6 is 0 Å². The van der Waals surface area contributed by atoms with Gasteiger partial charge in [-0.1, -0.05) is 18.2 Å². The van der Waals surface area contributed by atoms with Gasteiger partial charge in [0.1, 0.15) is 5.65 Å². The summed E-state index contributed by atoms with van der Waals surface area (Å²) in [5.41, 5.74) is 6.52. The van der Waals surface area contributed by atoms with E-state index in [2.05, 4.69) is 35.4 Å². The summed E-state index contributed by atoms with van der Waals surface area (Å²) in [6, 6.07) is 10.6. The average molecular weight is 349 g/mol. The van der Waals surface area contributed by atoms with Crippen LogP contribution in [0.15, 0.2) is 42.7 Å². The van der Waals surface area contributed by atoms with Gasteiger partial charge >= 0.3 is 5.97 Å². The minimum atomic E-state index is -0.347. The SMILES string of the molecule is COC(=O)c1ccn2cc(CNC(C)c3ccc4c(c3)CCC4)nc2c1. The third-order valence-electron chi connectivity index (χ3n) is 5.14. The number of carbonyl (C=O) groups excluding carboxylic acids is 1. The Morgan fingerprint density at radius 3 is 2.96 bits per heavy atom. The molecule has 5 heteroatoms. The van der Waals surface area contributed by atoms with Crippen molar-refractivity contribution in [3.8, 4) is 0 Å². The summed E-state index contributed by atoms with van der Waals surface area (Å²) in [5, 5.41) is 3.55. The van der Waals surface area contributed by atoms with E-state index in [1.165, 1.54) is 43.1 Å². The van der Waals surface area contributed by atoms with Crippen molar-refractivity contribution < 1.29 is 9.53 Å². The van der Waals surface area contributed by atoms with E-state index in [4.69, 9.17) is 4.74 Å². The van der Waals surface area contributed by atoms with Crippen LogP contribution in [-0.2, 0) is 24.1 Å². The van der Waals surface area contributed by atoms with Crippen LogP contribution in [0, 0.1) is 0 Å². The lowest BCUT2D eigenvalue weighted by molar-refractivity contribution is 0.0600. The number of aryl methyl sites for hydroxylation is 2. The molecule has 1 aliphatic rings. The number of aromatic nitrogens is 2. The molecule has 0 fully saturated rings. The van der Waals surface area contributed by atoms with Crippen molar-refractivity contribution in [2.45, 2.75) is 38.8 Å². The van der Waals surface area contributed by atoms with Crippen molar-refractivity contribution in [3.05, 3.63) is 70.7 Å². The standard InChI is InChI=1S/C21H23N3O2/c1-14(16-7-6-15-4-3-5-17(15)10-16)22-12-19-13-24-9-8-18(21(25)26-2)11-20(24)23-19/h6-11,13-14,22H,3-5,12H2,1-2H3. The van der Waals surface area contributed by atoms with Gasteiger partial charge in [0.2, 0.25) is 0 Å². The van der Waals surface area contributed by atoms with Gasteiger partial charge in [0.05, 0.1) is 18.4 Å². The number of nitrogens with zero attached hydrogens (tertiary/aromatic N) is 2. The lowest BCUT2D eigenvalue weighted by Gasteiger charge is -2.14. The van der Waals surface area contributed by atoms with Crippen LogP contribution in [0.1, 0.15) is 52.1 Å². The Morgan fingerprint density at radius 2 is 2.12 bits per heavy atom. The third kappa shape index (κ3) is 3.22. The number of hydrogen-bond acceptors (Lipinski definition) is 4. The van der Waals surface area contributed by atoms with Crippen LogP contribution in [0.4, 0.5) is 0 Å². The molecule has 0 amide bonds. The third-order valence-corrected chi connectivity index (χ3v) is 5.14. The molecule has 1 atom stereocenters. The van der Waals surface area contributed by atoms with Crippen LogP contribution in [-0.4, -0.2) is 22.5 Å². The van der Waals surface area contributed by atoms with Gasteiger partial charge in [-0.05, 0) is 55.0 Å². The molecular weight excluding hydrogens is 326 g/mol. The highest BCUT2D eigenvalue weighted by Crippen LogP contribution is 2.25. The number of fused-ring (bicyclic) bond motifs is 2. The fourth-order valence-electron chi connectivity index (χ4n) is 3.60. The molecule has 2 heterocycles. The molecular formula is C21H23N3O2. The van der Waals surface area contributed by atoms with Crippen molar-refractivity contribution in [2.24, 2.45) is 0 Å². The number of methoxy groups -OCH3 is 1. The second kappa shape index (κ2) is 6.92. The van der Waals surface area contributed by atoms with Crippen LogP contribution < -0.4 is 5.32 Å². The zero-order valence-electron chi connectivity index (χ0n) is 15.2. The van der Waals surface area contributed by atoms with Crippen LogP contribution in [0.25, 0.3) is 5.65 Å². The monoisotopic (exact) mass is 349 g/mol. The molecule has 0 aliphatic heterocycles. The zero-order chi connectivity index (χ0) is 18.1. The Labute approximate surface area is 153 Å². The number of benzene rings is 1. The molecule has 134 valence electrons. The van der Waals surface area contributed by atoms with Crippen molar-refractivity contribution in [2.75, 3.05) is 7.11 Å². The van der Waals surface area contributed by atoms with Gasteiger partial charge in [-0.25, -0.2) is 9.78 Å². The van der Waals surface area contributed by atoms with Crippen LogP contribution in [0.3, 0.4) is 0 Å². The number of imidazole rings is 1. The molecule has 0 saturated carbocycles. The van der Waals surface area contributed by atoms with E-state index in [-0.39, 0.29) is 12.0 Å². The van der Waals surface area contributed by atoms with Crippen molar-refractivity contribution in [1.29, 1.82) is 0 Å². The predicted molar refractivity (Wildman–Crippen MR) is 100 cm³/mol. The summed E-state index contributed by atoms with van der Waals surface area (Å²) in [5.74, 6) is -0.347. The molecule has 1 aliphatic carbocycles. The van der Waals surface area contributed by atoms with Gasteiger partial charge < -0.3 is 14.5 Å². The second-order valence-corrected chi connectivity index (χ2v) is 6.89. The van der Waals surface area contributed by atoms with Crippen molar-refractivity contribution in [3.63, 3.8) is 0 Å². The largest absolute Gasteiger partial charge is 0.465 e. The highest BCUT2D eigenvalue weighted by atomic mass is 16.5. The van der Waals surface area contributed by atoms with Crippen LogP contribution in [0.5, 0.6) is 0 Å². The average Bonchev–Trinajstić information content (AvgIpc) is 3.30. The number of hydrogen-bond donors (Lipinski definition) is 1. The Bertz CT molecular complexity index is 961. The maximum absolute atomic E-state index is 11.6.